The Hall–Kier alpha value is -1.47. The summed E-state index contributed by atoms with van der Waals surface area (Å²) in [5.74, 6) is -0.228. The van der Waals surface area contributed by atoms with Crippen LogP contribution in [0.5, 0.6) is 0 Å². The van der Waals surface area contributed by atoms with Crippen molar-refractivity contribution in [3.05, 3.63) is 29.8 Å². The van der Waals surface area contributed by atoms with Crippen molar-refractivity contribution in [3.8, 4) is 0 Å². The minimum atomic E-state index is -3.33. The number of hydrogen-bond acceptors (Lipinski definition) is 4. The van der Waals surface area contributed by atoms with Gasteiger partial charge in [-0.15, -0.1) is 0 Å². The highest BCUT2D eigenvalue weighted by molar-refractivity contribution is 7.90. The molecule has 0 saturated carbocycles. The number of sulfone groups is 1. The molecule has 0 spiro atoms. The fraction of sp³-hybridized carbons (Fsp3) is 0.385. The lowest BCUT2D eigenvalue weighted by Crippen LogP contribution is -2.33. The fourth-order valence-corrected chi connectivity index (χ4v) is 2.45. The van der Waals surface area contributed by atoms with Gasteiger partial charge in [0.1, 0.15) is 0 Å². The number of hydrogen-bond donors (Lipinski definition) is 1. The van der Waals surface area contributed by atoms with Crippen LogP contribution in [-0.2, 0) is 9.84 Å². The van der Waals surface area contributed by atoms with Crippen LogP contribution >= 0.6 is 12.2 Å². The molecule has 20 heavy (non-hydrogen) atoms. The van der Waals surface area contributed by atoms with Crippen LogP contribution < -0.4 is 5.73 Å². The highest BCUT2D eigenvalue weighted by Gasteiger charge is 2.16. The van der Waals surface area contributed by atoms with Gasteiger partial charge in [-0.2, -0.15) is 0 Å². The van der Waals surface area contributed by atoms with Gasteiger partial charge in [0.25, 0.3) is 5.91 Å². The molecule has 0 aromatic heterocycles. The number of nitrogens with zero attached hydrogens (tertiary/aromatic N) is 1. The first-order valence-electron chi connectivity index (χ1n) is 6.13. The fourth-order valence-electron chi connectivity index (χ4n) is 1.69. The van der Waals surface area contributed by atoms with Crippen molar-refractivity contribution in [1.82, 2.24) is 4.90 Å². The van der Waals surface area contributed by atoms with Crippen LogP contribution in [0.3, 0.4) is 0 Å². The van der Waals surface area contributed by atoms with Crippen LogP contribution in [0.25, 0.3) is 0 Å². The lowest BCUT2D eigenvalue weighted by molar-refractivity contribution is 0.0768. The van der Waals surface area contributed by atoms with E-state index in [0.717, 1.165) is 6.26 Å². The van der Waals surface area contributed by atoms with E-state index in [1.807, 2.05) is 6.92 Å². The molecule has 1 aromatic rings. The summed E-state index contributed by atoms with van der Waals surface area (Å²) in [6.45, 7) is 2.77. The Kier molecular flexibility index (Phi) is 5.64. The molecule has 0 unspecified atom stereocenters. The molecule has 0 aliphatic carbocycles. The summed E-state index contributed by atoms with van der Waals surface area (Å²) in [4.78, 5) is 14.4. The average molecular weight is 314 g/mol. The molecule has 0 heterocycles. The zero-order valence-electron chi connectivity index (χ0n) is 11.5. The Labute approximate surface area is 124 Å². The van der Waals surface area contributed by atoms with E-state index in [1.165, 1.54) is 12.1 Å². The second-order valence-corrected chi connectivity index (χ2v) is 6.94. The van der Waals surface area contributed by atoms with Gasteiger partial charge in [-0.1, -0.05) is 18.3 Å². The Morgan fingerprint density at radius 1 is 1.40 bits per heavy atom. The van der Waals surface area contributed by atoms with Gasteiger partial charge >= 0.3 is 0 Å². The van der Waals surface area contributed by atoms with Crippen LogP contribution in [0.2, 0.25) is 0 Å². The van der Waals surface area contributed by atoms with Crippen molar-refractivity contribution in [1.29, 1.82) is 0 Å². The average Bonchev–Trinajstić information content (AvgIpc) is 2.38. The third kappa shape index (κ3) is 4.57. The van der Waals surface area contributed by atoms with Gasteiger partial charge in [0.2, 0.25) is 0 Å². The van der Waals surface area contributed by atoms with E-state index in [4.69, 9.17) is 18.0 Å². The topological polar surface area (TPSA) is 80.5 Å². The third-order valence-electron chi connectivity index (χ3n) is 2.81. The highest BCUT2D eigenvalue weighted by atomic mass is 32.2. The number of benzene rings is 1. The van der Waals surface area contributed by atoms with Crippen LogP contribution in [0.4, 0.5) is 0 Å². The summed E-state index contributed by atoms with van der Waals surface area (Å²) in [5, 5.41) is 0. The van der Waals surface area contributed by atoms with Crippen LogP contribution in [0.1, 0.15) is 23.7 Å². The van der Waals surface area contributed by atoms with Crippen molar-refractivity contribution in [2.45, 2.75) is 18.2 Å². The normalized spacial score (nSPS) is 11.1. The maximum atomic E-state index is 12.3. The molecule has 7 heteroatoms. The maximum Gasteiger partial charge on any atom is 0.253 e. The second-order valence-electron chi connectivity index (χ2n) is 4.40. The molecular weight excluding hydrogens is 296 g/mol. The van der Waals surface area contributed by atoms with Crippen molar-refractivity contribution in [2.24, 2.45) is 5.73 Å². The molecule has 0 atom stereocenters. The van der Waals surface area contributed by atoms with Gasteiger partial charge in [0.15, 0.2) is 9.84 Å². The Bertz CT molecular complexity index is 612. The molecule has 2 N–H and O–H groups in total. The molecule has 0 saturated heterocycles. The van der Waals surface area contributed by atoms with Crippen molar-refractivity contribution >= 4 is 33.0 Å². The first-order chi connectivity index (χ1) is 9.25. The zero-order chi connectivity index (χ0) is 15.3. The Morgan fingerprint density at radius 2 is 2.05 bits per heavy atom. The Morgan fingerprint density at radius 3 is 2.55 bits per heavy atom. The molecule has 0 fully saturated rings. The zero-order valence-corrected chi connectivity index (χ0v) is 13.1. The Balaban J connectivity index is 2.98. The molecule has 110 valence electrons. The summed E-state index contributed by atoms with van der Waals surface area (Å²) in [6.07, 6.45) is 1.56. The van der Waals surface area contributed by atoms with Crippen molar-refractivity contribution in [2.75, 3.05) is 19.3 Å². The molecule has 5 nitrogen and oxygen atoms in total. The number of thiocarbonyl (C=S) groups is 1. The van der Waals surface area contributed by atoms with E-state index in [-0.39, 0.29) is 10.8 Å². The monoisotopic (exact) mass is 314 g/mol. The standard InChI is InChI=1S/C13H18N2O3S2/c1-3-15(8-7-12(14)19)13(16)10-5-4-6-11(9-10)20(2,17)18/h4-6,9H,3,7-8H2,1-2H3,(H2,14,19). The quantitative estimate of drug-likeness (QED) is 0.799. The van der Waals surface area contributed by atoms with E-state index in [2.05, 4.69) is 0 Å². The highest BCUT2D eigenvalue weighted by Crippen LogP contribution is 2.13. The smallest absolute Gasteiger partial charge is 0.253 e. The summed E-state index contributed by atoms with van der Waals surface area (Å²) in [6, 6.07) is 6.02. The number of amides is 1. The van der Waals surface area contributed by atoms with E-state index in [0.29, 0.717) is 30.1 Å². The van der Waals surface area contributed by atoms with Crippen molar-refractivity contribution < 1.29 is 13.2 Å². The van der Waals surface area contributed by atoms with E-state index in [9.17, 15) is 13.2 Å². The predicted octanol–water partition coefficient (Wildman–Crippen LogP) is 1.23. The van der Waals surface area contributed by atoms with Gasteiger partial charge in [0, 0.05) is 31.3 Å². The molecule has 1 amide bonds. The number of carbonyl (C=O) groups excluding carboxylic acids is 1. The summed E-state index contributed by atoms with van der Waals surface area (Å²) in [7, 11) is -3.33. The molecule has 0 bridgehead atoms. The first-order valence-corrected chi connectivity index (χ1v) is 8.43. The van der Waals surface area contributed by atoms with Gasteiger partial charge in [-0.05, 0) is 25.1 Å². The number of carbonyl (C=O) groups is 1. The summed E-state index contributed by atoms with van der Waals surface area (Å²) in [5.41, 5.74) is 5.77. The lowest BCUT2D eigenvalue weighted by atomic mass is 10.2. The number of nitrogens with two attached hydrogens (primary N) is 1. The number of rotatable bonds is 6. The minimum absolute atomic E-state index is 0.133. The van der Waals surface area contributed by atoms with Gasteiger partial charge in [-0.25, -0.2) is 8.42 Å². The predicted molar refractivity (Wildman–Crippen MR) is 82.5 cm³/mol. The SMILES string of the molecule is CCN(CCC(N)=S)C(=O)c1cccc(S(C)(=O)=O)c1. The summed E-state index contributed by atoms with van der Waals surface area (Å²) >= 11 is 4.80. The van der Waals surface area contributed by atoms with Crippen LogP contribution in [0.15, 0.2) is 29.2 Å². The maximum absolute atomic E-state index is 12.3. The second kappa shape index (κ2) is 6.81. The molecule has 0 aliphatic rings. The van der Waals surface area contributed by atoms with Crippen LogP contribution in [0, 0.1) is 0 Å². The molecule has 1 aromatic carbocycles. The lowest BCUT2D eigenvalue weighted by Gasteiger charge is -2.20. The molecular formula is C13H18N2O3S2. The van der Waals surface area contributed by atoms with Gasteiger partial charge in [0.05, 0.1) is 9.88 Å². The molecule has 0 radical (unpaired) electrons. The van der Waals surface area contributed by atoms with E-state index in [1.54, 1.807) is 17.0 Å². The summed E-state index contributed by atoms with van der Waals surface area (Å²) < 4.78 is 23.0. The molecule has 0 aliphatic heterocycles. The van der Waals surface area contributed by atoms with Gasteiger partial charge in [-0.3, -0.25) is 4.79 Å². The van der Waals surface area contributed by atoms with Gasteiger partial charge < -0.3 is 10.6 Å². The molecule has 1 rings (SSSR count). The largest absolute Gasteiger partial charge is 0.393 e. The minimum Gasteiger partial charge on any atom is -0.393 e. The first kappa shape index (κ1) is 16.6. The van der Waals surface area contributed by atoms with Crippen LogP contribution in [-0.4, -0.2) is 43.6 Å². The third-order valence-corrected chi connectivity index (χ3v) is 4.12. The van der Waals surface area contributed by atoms with E-state index < -0.39 is 9.84 Å². The van der Waals surface area contributed by atoms with E-state index >= 15 is 0 Å². The van der Waals surface area contributed by atoms with Crippen molar-refractivity contribution in [3.63, 3.8) is 0 Å².